The summed E-state index contributed by atoms with van der Waals surface area (Å²) in [6, 6.07) is 1.86. The quantitative estimate of drug-likeness (QED) is 0.439. The Morgan fingerprint density at radius 3 is 2.64 bits per heavy atom. The molecular formula is C21H37N7. The summed E-state index contributed by atoms with van der Waals surface area (Å²) in [5.74, 6) is 2.76. The van der Waals surface area contributed by atoms with Gasteiger partial charge in [-0.2, -0.15) is 0 Å². The molecule has 0 spiro atoms. The van der Waals surface area contributed by atoms with Crippen LogP contribution in [0.2, 0.25) is 0 Å². The predicted octanol–water partition coefficient (Wildman–Crippen LogP) is 2.08. The molecule has 1 N–H and O–H groups in total. The molecule has 1 atom stereocenters. The van der Waals surface area contributed by atoms with Crippen LogP contribution in [0, 0.1) is 5.92 Å². The van der Waals surface area contributed by atoms with Crippen molar-refractivity contribution in [1.29, 1.82) is 0 Å². The molecule has 0 saturated carbocycles. The van der Waals surface area contributed by atoms with Crippen LogP contribution in [0.5, 0.6) is 0 Å². The molecule has 0 radical (unpaired) electrons. The topological polar surface area (TPSA) is 59.9 Å². The SMILES string of the molecule is CCNC(=NCCCCN1CCCC(C)C1)N1CCN(c2ncccn2)CC1. The number of guanidine groups is 1. The summed E-state index contributed by atoms with van der Waals surface area (Å²) in [4.78, 5) is 20.9. The summed E-state index contributed by atoms with van der Waals surface area (Å²) in [6.07, 6.45) is 8.79. The van der Waals surface area contributed by atoms with Gasteiger partial charge in [0.15, 0.2) is 5.96 Å². The van der Waals surface area contributed by atoms with E-state index in [9.17, 15) is 0 Å². The van der Waals surface area contributed by atoms with Crippen LogP contribution in [0.3, 0.4) is 0 Å². The summed E-state index contributed by atoms with van der Waals surface area (Å²) in [7, 11) is 0. The normalized spacial score (nSPS) is 21.8. The lowest BCUT2D eigenvalue weighted by atomic mass is 10.0. The zero-order valence-electron chi connectivity index (χ0n) is 17.7. The van der Waals surface area contributed by atoms with E-state index in [1.54, 1.807) is 0 Å². The zero-order chi connectivity index (χ0) is 19.6. The maximum absolute atomic E-state index is 4.90. The summed E-state index contributed by atoms with van der Waals surface area (Å²) in [5, 5.41) is 3.47. The van der Waals surface area contributed by atoms with Crippen LogP contribution in [-0.2, 0) is 0 Å². The number of rotatable bonds is 7. The van der Waals surface area contributed by atoms with E-state index in [2.05, 4.69) is 43.8 Å². The smallest absolute Gasteiger partial charge is 0.225 e. The van der Waals surface area contributed by atoms with E-state index >= 15 is 0 Å². The number of piperidine rings is 1. The van der Waals surface area contributed by atoms with Crippen LogP contribution < -0.4 is 10.2 Å². The number of piperazine rings is 1. The first-order valence-corrected chi connectivity index (χ1v) is 11.0. The second-order valence-electron chi connectivity index (χ2n) is 8.01. The molecule has 0 bridgehead atoms. The molecule has 2 aliphatic heterocycles. The van der Waals surface area contributed by atoms with Gasteiger partial charge in [-0.25, -0.2) is 9.97 Å². The van der Waals surface area contributed by atoms with Crippen LogP contribution in [0.4, 0.5) is 5.95 Å². The third-order valence-electron chi connectivity index (χ3n) is 5.63. The second kappa shape index (κ2) is 11.2. The van der Waals surface area contributed by atoms with E-state index in [1.807, 2.05) is 18.5 Å². The van der Waals surface area contributed by atoms with Crippen LogP contribution in [0.15, 0.2) is 23.5 Å². The summed E-state index contributed by atoms with van der Waals surface area (Å²) < 4.78 is 0. The molecule has 1 aromatic heterocycles. The number of nitrogens with one attached hydrogen (secondary N) is 1. The maximum Gasteiger partial charge on any atom is 0.225 e. The molecule has 2 saturated heterocycles. The van der Waals surface area contributed by atoms with E-state index in [0.717, 1.165) is 63.5 Å². The van der Waals surface area contributed by atoms with Crippen molar-refractivity contribution in [1.82, 2.24) is 25.1 Å². The summed E-state index contributed by atoms with van der Waals surface area (Å²) in [6.45, 7) is 13.9. The van der Waals surface area contributed by atoms with Crippen molar-refractivity contribution in [2.75, 3.05) is 63.8 Å². The van der Waals surface area contributed by atoms with Gasteiger partial charge in [0.25, 0.3) is 0 Å². The molecule has 156 valence electrons. The number of aliphatic imine (C=N–C) groups is 1. The average molecular weight is 388 g/mol. The highest BCUT2D eigenvalue weighted by Crippen LogP contribution is 2.15. The van der Waals surface area contributed by atoms with Crippen molar-refractivity contribution in [2.45, 2.75) is 39.5 Å². The minimum Gasteiger partial charge on any atom is -0.357 e. The van der Waals surface area contributed by atoms with E-state index in [0.29, 0.717) is 0 Å². The monoisotopic (exact) mass is 387 g/mol. The molecule has 2 fully saturated rings. The van der Waals surface area contributed by atoms with Crippen LogP contribution in [-0.4, -0.2) is 84.6 Å². The molecule has 3 rings (SSSR count). The van der Waals surface area contributed by atoms with E-state index in [4.69, 9.17) is 4.99 Å². The van der Waals surface area contributed by atoms with Gasteiger partial charge in [-0.3, -0.25) is 4.99 Å². The molecule has 7 nitrogen and oxygen atoms in total. The number of aromatic nitrogens is 2. The highest BCUT2D eigenvalue weighted by Gasteiger charge is 2.21. The fourth-order valence-corrected chi connectivity index (χ4v) is 4.12. The summed E-state index contributed by atoms with van der Waals surface area (Å²) >= 11 is 0. The standard InChI is InChI=1S/C21H37N7/c1-3-22-20(23-9-4-5-12-26-13-6-8-19(2)18-26)27-14-16-28(17-15-27)21-24-10-7-11-25-21/h7,10-11,19H,3-6,8-9,12-18H2,1-2H3,(H,22,23). The van der Waals surface area contributed by atoms with E-state index in [-0.39, 0.29) is 0 Å². The Hall–Kier alpha value is -1.89. The third-order valence-corrected chi connectivity index (χ3v) is 5.63. The number of anilines is 1. The molecular weight excluding hydrogens is 350 g/mol. The number of hydrogen-bond donors (Lipinski definition) is 1. The van der Waals surface area contributed by atoms with Crippen molar-refractivity contribution in [2.24, 2.45) is 10.9 Å². The van der Waals surface area contributed by atoms with Gasteiger partial charge in [0.1, 0.15) is 0 Å². The number of nitrogens with zero attached hydrogens (tertiary/aromatic N) is 6. The van der Waals surface area contributed by atoms with Gasteiger partial charge < -0.3 is 20.0 Å². The highest BCUT2D eigenvalue weighted by atomic mass is 15.4. The van der Waals surface area contributed by atoms with Crippen molar-refractivity contribution >= 4 is 11.9 Å². The van der Waals surface area contributed by atoms with Crippen molar-refractivity contribution in [3.05, 3.63) is 18.5 Å². The zero-order valence-corrected chi connectivity index (χ0v) is 17.7. The van der Waals surface area contributed by atoms with Gasteiger partial charge in [-0.1, -0.05) is 6.92 Å². The van der Waals surface area contributed by atoms with Crippen LogP contribution >= 0.6 is 0 Å². The minimum absolute atomic E-state index is 0.830. The predicted molar refractivity (Wildman–Crippen MR) is 116 cm³/mol. The molecule has 1 unspecified atom stereocenters. The molecule has 2 aliphatic rings. The molecule has 0 aromatic carbocycles. The van der Waals surface area contributed by atoms with E-state index in [1.165, 1.54) is 38.9 Å². The van der Waals surface area contributed by atoms with Gasteiger partial charge in [-0.15, -0.1) is 0 Å². The molecule has 28 heavy (non-hydrogen) atoms. The lowest BCUT2D eigenvalue weighted by molar-refractivity contribution is 0.181. The van der Waals surface area contributed by atoms with Crippen molar-refractivity contribution in [3.8, 4) is 0 Å². The Morgan fingerprint density at radius 2 is 1.93 bits per heavy atom. The van der Waals surface area contributed by atoms with Crippen LogP contribution in [0.25, 0.3) is 0 Å². The third kappa shape index (κ3) is 6.33. The summed E-state index contributed by atoms with van der Waals surface area (Å²) in [5.41, 5.74) is 0. The lowest BCUT2D eigenvalue weighted by Crippen LogP contribution is -2.53. The molecule has 3 heterocycles. The Kier molecular flexibility index (Phi) is 8.33. The van der Waals surface area contributed by atoms with Crippen LogP contribution in [0.1, 0.15) is 39.5 Å². The Morgan fingerprint density at radius 1 is 1.14 bits per heavy atom. The average Bonchev–Trinajstić information content (AvgIpc) is 2.74. The Bertz CT molecular complexity index is 584. The molecule has 0 amide bonds. The molecule has 0 aliphatic carbocycles. The maximum atomic E-state index is 4.90. The second-order valence-corrected chi connectivity index (χ2v) is 8.01. The van der Waals surface area contributed by atoms with Crippen molar-refractivity contribution < 1.29 is 0 Å². The first-order valence-electron chi connectivity index (χ1n) is 11.0. The first kappa shape index (κ1) is 20.8. The fourth-order valence-electron chi connectivity index (χ4n) is 4.12. The van der Waals surface area contributed by atoms with Crippen molar-refractivity contribution in [3.63, 3.8) is 0 Å². The number of hydrogen-bond acceptors (Lipinski definition) is 5. The van der Waals surface area contributed by atoms with Gasteiger partial charge in [0.05, 0.1) is 0 Å². The van der Waals surface area contributed by atoms with Gasteiger partial charge >= 0.3 is 0 Å². The first-order chi connectivity index (χ1) is 13.8. The Balaban J connectivity index is 1.40. The molecule has 7 heteroatoms. The Labute approximate surface area is 170 Å². The van der Waals surface area contributed by atoms with Gasteiger partial charge in [0.2, 0.25) is 5.95 Å². The van der Waals surface area contributed by atoms with E-state index < -0.39 is 0 Å². The fraction of sp³-hybridized carbons (Fsp3) is 0.762. The molecule has 1 aromatic rings. The van der Waals surface area contributed by atoms with Gasteiger partial charge in [-0.05, 0) is 57.7 Å². The largest absolute Gasteiger partial charge is 0.357 e. The minimum atomic E-state index is 0.830. The lowest BCUT2D eigenvalue weighted by Gasteiger charge is -2.36. The number of unbranched alkanes of at least 4 members (excludes halogenated alkanes) is 1. The van der Waals surface area contributed by atoms with Gasteiger partial charge in [0, 0.05) is 58.2 Å². The highest BCUT2D eigenvalue weighted by molar-refractivity contribution is 5.80. The number of likely N-dealkylation sites (tertiary alicyclic amines) is 1.